The van der Waals surface area contributed by atoms with Crippen LogP contribution >= 0.6 is 0 Å². The molecule has 8 nitrogen and oxygen atoms in total. The van der Waals surface area contributed by atoms with Gasteiger partial charge in [0, 0.05) is 32.4 Å². The molecule has 2 aromatic rings. The lowest BCUT2D eigenvalue weighted by Gasteiger charge is -2.29. The Morgan fingerprint density at radius 2 is 1.75 bits per heavy atom. The minimum atomic E-state index is -0.508. The largest absolute Gasteiger partial charge is 0.493 e. The lowest BCUT2D eigenvalue weighted by Crippen LogP contribution is -2.34. The average molecular weight is 443 g/mol. The fraction of sp³-hybridized carbons (Fsp3) is 0.417. The van der Waals surface area contributed by atoms with E-state index in [1.54, 1.807) is 24.1 Å². The zero-order valence-corrected chi connectivity index (χ0v) is 19.0. The van der Waals surface area contributed by atoms with Crippen molar-refractivity contribution < 1.29 is 28.5 Å². The quantitative estimate of drug-likeness (QED) is 0.539. The Hall–Kier alpha value is -3.26. The standard InChI is InChI=1S/C24H30N2O6/c1-29-11-7-10-25-22(27)14-19(26-15-16-8-5-6-9-18(16)24(26)28)17-12-20(30-2)23(32-4)21(13-17)31-3/h5-6,8-9,12-13,19H,7,10-11,14-15H2,1-4H3,(H,25,27). The summed E-state index contributed by atoms with van der Waals surface area (Å²) in [6.45, 7) is 1.49. The molecule has 1 aliphatic heterocycles. The molecule has 0 aliphatic carbocycles. The van der Waals surface area contributed by atoms with Gasteiger partial charge < -0.3 is 29.2 Å². The van der Waals surface area contributed by atoms with E-state index in [1.807, 2.05) is 24.3 Å². The number of ether oxygens (including phenoxy) is 4. The molecule has 1 unspecified atom stereocenters. The number of carbonyl (C=O) groups is 2. The summed E-state index contributed by atoms with van der Waals surface area (Å²) in [5.41, 5.74) is 2.33. The second-order valence-corrected chi connectivity index (χ2v) is 7.47. The van der Waals surface area contributed by atoms with E-state index in [4.69, 9.17) is 18.9 Å². The number of methoxy groups -OCH3 is 4. The van der Waals surface area contributed by atoms with Gasteiger partial charge in [0.05, 0.1) is 33.8 Å². The first-order valence-corrected chi connectivity index (χ1v) is 10.5. The fourth-order valence-electron chi connectivity index (χ4n) is 3.92. The molecule has 0 radical (unpaired) electrons. The second-order valence-electron chi connectivity index (χ2n) is 7.47. The van der Waals surface area contributed by atoms with Crippen molar-refractivity contribution in [2.45, 2.75) is 25.4 Å². The predicted molar refractivity (Wildman–Crippen MR) is 119 cm³/mol. The molecule has 0 aromatic heterocycles. The maximum Gasteiger partial charge on any atom is 0.255 e. The number of benzene rings is 2. The molecular weight excluding hydrogens is 412 g/mol. The number of fused-ring (bicyclic) bond motifs is 1. The van der Waals surface area contributed by atoms with Crippen molar-refractivity contribution in [1.29, 1.82) is 0 Å². The van der Waals surface area contributed by atoms with E-state index in [9.17, 15) is 9.59 Å². The molecular formula is C24H30N2O6. The third-order valence-electron chi connectivity index (χ3n) is 5.52. The zero-order chi connectivity index (χ0) is 23.1. The summed E-state index contributed by atoms with van der Waals surface area (Å²) >= 11 is 0. The van der Waals surface area contributed by atoms with Crippen LogP contribution in [0.4, 0.5) is 0 Å². The van der Waals surface area contributed by atoms with Gasteiger partial charge in [-0.05, 0) is 35.7 Å². The van der Waals surface area contributed by atoms with E-state index in [2.05, 4.69) is 5.32 Å². The molecule has 0 saturated carbocycles. The van der Waals surface area contributed by atoms with Gasteiger partial charge in [-0.15, -0.1) is 0 Å². The van der Waals surface area contributed by atoms with Crippen molar-refractivity contribution in [3.8, 4) is 17.2 Å². The SMILES string of the molecule is COCCCNC(=O)CC(c1cc(OC)c(OC)c(OC)c1)N1Cc2ccccc2C1=O. The maximum atomic E-state index is 13.2. The molecule has 1 heterocycles. The van der Waals surface area contributed by atoms with E-state index >= 15 is 0 Å². The fourth-order valence-corrected chi connectivity index (χ4v) is 3.92. The van der Waals surface area contributed by atoms with E-state index in [0.29, 0.717) is 48.9 Å². The highest BCUT2D eigenvalue weighted by atomic mass is 16.5. The summed E-state index contributed by atoms with van der Waals surface area (Å²) in [4.78, 5) is 27.7. The van der Waals surface area contributed by atoms with E-state index in [1.165, 1.54) is 21.3 Å². The van der Waals surface area contributed by atoms with Crippen LogP contribution in [0.1, 0.15) is 40.4 Å². The predicted octanol–water partition coefficient (Wildman–Crippen LogP) is 2.95. The molecule has 1 N–H and O–H groups in total. The van der Waals surface area contributed by atoms with E-state index in [0.717, 1.165) is 11.1 Å². The minimum absolute atomic E-state index is 0.103. The van der Waals surface area contributed by atoms with Gasteiger partial charge in [0.15, 0.2) is 11.5 Å². The molecule has 1 atom stereocenters. The lowest BCUT2D eigenvalue weighted by atomic mass is 10.00. The van der Waals surface area contributed by atoms with Gasteiger partial charge in [0.1, 0.15) is 0 Å². The van der Waals surface area contributed by atoms with Crippen molar-refractivity contribution in [1.82, 2.24) is 10.2 Å². The Balaban J connectivity index is 1.94. The van der Waals surface area contributed by atoms with Crippen LogP contribution in [0.15, 0.2) is 36.4 Å². The topological polar surface area (TPSA) is 86.3 Å². The third kappa shape index (κ3) is 4.96. The van der Waals surface area contributed by atoms with Crippen molar-refractivity contribution in [2.75, 3.05) is 41.6 Å². The monoisotopic (exact) mass is 442 g/mol. The number of rotatable bonds is 11. The first-order valence-electron chi connectivity index (χ1n) is 10.5. The van der Waals surface area contributed by atoms with Gasteiger partial charge in [-0.3, -0.25) is 9.59 Å². The Labute approximate surface area is 188 Å². The van der Waals surface area contributed by atoms with Gasteiger partial charge in [-0.25, -0.2) is 0 Å². The second kappa shape index (κ2) is 10.9. The molecule has 2 amide bonds. The molecule has 1 aliphatic rings. The van der Waals surface area contributed by atoms with Crippen LogP contribution in [0.25, 0.3) is 0 Å². The smallest absolute Gasteiger partial charge is 0.255 e. The number of hydrogen-bond acceptors (Lipinski definition) is 6. The van der Waals surface area contributed by atoms with Crippen molar-refractivity contribution in [3.05, 3.63) is 53.1 Å². The highest BCUT2D eigenvalue weighted by Gasteiger charge is 2.35. The number of hydrogen-bond donors (Lipinski definition) is 1. The molecule has 0 spiro atoms. The van der Waals surface area contributed by atoms with Gasteiger partial charge in [0.25, 0.3) is 5.91 Å². The van der Waals surface area contributed by atoms with Crippen molar-refractivity contribution in [3.63, 3.8) is 0 Å². The normalized spacial score (nSPS) is 13.5. The van der Waals surface area contributed by atoms with E-state index < -0.39 is 6.04 Å². The molecule has 32 heavy (non-hydrogen) atoms. The summed E-state index contributed by atoms with van der Waals surface area (Å²) in [5, 5.41) is 2.91. The first kappa shape index (κ1) is 23.4. The van der Waals surface area contributed by atoms with Crippen molar-refractivity contribution >= 4 is 11.8 Å². The Kier molecular flexibility index (Phi) is 7.94. The van der Waals surface area contributed by atoms with Gasteiger partial charge in [-0.1, -0.05) is 18.2 Å². The van der Waals surface area contributed by atoms with Gasteiger partial charge in [-0.2, -0.15) is 0 Å². The summed E-state index contributed by atoms with van der Waals surface area (Å²) < 4.78 is 21.4. The molecule has 0 bridgehead atoms. The molecule has 172 valence electrons. The highest BCUT2D eigenvalue weighted by Crippen LogP contribution is 2.42. The number of carbonyl (C=O) groups excluding carboxylic acids is 2. The van der Waals surface area contributed by atoms with Gasteiger partial charge >= 0.3 is 0 Å². The number of nitrogens with one attached hydrogen (secondary N) is 1. The molecule has 3 rings (SSSR count). The van der Waals surface area contributed by atoms with Crippen LogP contribution < -0.4 is 19.5 Å². The Morgan fingerprint density at radius 3 is 2.34 bits per heavy atom. The molecule has 8 heteroatoms. The maximum absolute atomic E-state index is 13.2. The minimum Gasteiger partial charge on any atom is -0.493 e. The molecule has 0 saturated heterocycles. The lowest BCUT2D eigenvalue weighted by molar-refractivity contribution is -0.122. The summed E-state index contributed by atoms with van der Waals surface area (Å²) in [6, 6.07) is 10.6. The molecule has 0 fully saturated rings. The van der Waals surface area contributed by atoms with Crippen LogP contribution in [0.2, 0.25) is 0 Å². The van der Waals surface area contributed by atoms with Crippen LogP contribution in [0, 0.1) is 0 Å². The highest BCUT2D eigenvalue weighted by molar-refractivity contribution is 5.98. The number of nitrogens with zero attached hydrogens (tertiary/aromatic N) is 1. The van der Waals surface area contributed by atoms with Crippen LogP contribution in [0.3, 0.4) is 0 Å². The van der Waals surface area contributed by atoms with E-state index in [-0.39, 0.29) is 18.2 Å². The average Bonchev–Trinajstić information content (AvgIpc) is 3.15. The van der Waals surface area contributed by atoms with Gasteiger partial charge in [0.2, 0.25) is 11.7 Å². The Bertz CT molecular complexity index is 936. The third-order valence-corrected chi connectivity index (χ3v) is 5.52. The Morgan fingerprint density at radius 1 is 1.06 bits per heavy atom. The zero-order valence-electron chi connectivity index (χ0n) is 19.0. The summed E-state index contributed by atoms with van der Waals surface area (Å²) in [5.74, 6) is 1.14. The molecule has 2 aromatic carbocycles. The summed E-state index contributed by atoms with van der Waals surface area (Å²) in [6.07, 6.45) is 0.816. The van der Waals surface area contributed by atoms with Crippen LogP contribution in [-0.4, -0.2) is 58.3 Å². The van der Waals surface area contributed by atoms with Crippen LogP contribution in [-0.2, 0) is 16.1 Å². The number of amides is 2. The van der Waals surface area contributed by atoms with Crippen LogP contribution in [0.5, 0.6) is 17.2 Å². The first-order chi connectivity index (χ1) is 15.5. The van der Waals surface area contributed by atoms with Crippen molar-refractivity contribution in [2.24, 2.45) is 0 Å². The summed E-state index contributed by atoms with van der Waals surface area (Å²) in [7, 11) is 6.23.